The van der Waals surface area contributed by atoms with Gasteiger partial charge >= 0.3 is 0 Å². The Labute approximate surface area is 100 Å². The molecule has 1 saturated carbocycles. The lowest BCUT2D eigenvalue weighted by Gasteiger charge is -2.09. The molecular formula is C14H15FN2. The third-order valence-corrected chi connectivity index (χ3v) is 3.51. The number of aromatic nitrogens is 2. The Morgan fingerprint density at radius 2 is 2.12 bits per heavy atom. The van der Waals surface area contributed by atoms with Crippen molar-refractivity contribution in [2.75, 3.05) is 0 Å². The lowest BCUT2D eigenvalue weighted by molar-refractivity contribution is 0.440. The average molecular weight is 230 g/mol. The number of benzene rings is 1. The second kappa shape index (κ2) is 3.99. The van der Waals surface area contributed by atoms with Crippen LogP contribution in [-0.4, -0.2) is 9.78 Å². The van der Waals surface area contributed by atoms with E-state index in [1.165, 1.54) is 18.9 Å². The van der Waals surface area contributed by atoms with E-state index >= 15 is 0 Å². The number of halogens is 1. The summed E-state index contributed by atoms with van der Waals surface area (Å²) >= 11 is 0. The highest BCUT2D eigenvalue weighted by Crippen LogP contribution is 2.39. The number of nitrogens with zero attached hydrogens (tertiary/aromatic N) is 2. The van der Waals surface area contributed by atoms with E-state index < -0.39 is 0 Å². The van der Waals surface area contributed by atoms with Crippen LogP contribution in [0.2, 0.25) is 0 Å². The standard InChI is InChI=1S/C14H15FN2/c1-10(11-6-7-11)17-9-12(8-16-17)13-4-2-3-5-14(13)15/h2-5,8-11H,6-7H2,1H3. The molecule has 0 N–H and O–H groups in total. The fourth-order valence-corrected chi connectivity index (χ4v) is 2.19. The molecule has 3 rings (SSSR count). The maximum absolute atomic E-state index is 13.6. The van der Waals surface area contributed by atoms with Crippen molar-refractivity contribution in [3.63, 3.8) is 0 Å². The van der Waals surface area contributed by atoms with E-state index in [4.69, 9.17) is 0 Å². The monoisotopic (exact) mass is 230 g/mol. The fourth-order valence-electron chi connectivity index (χ4n) is 2.19. The molecule has 1 aromatic carbocycles. The Morgan fingerprint density at radius 1 is 1.35 bits per heavy atom. The van der Waals surface area contributed by atoms with Gasteiger partial charge in [-0.15, -0.1) is 0 Å². The number of hydrogen-bond donors (Lipinski definition) is 0. The second-order valence-electron chi connectivity index (χ2n) is 4.77. The Balaban J connectivity index is 1.92. The van der Waals surface area contributed by atoms with Gasteiger partial charge in [0, 0.05) is 17.3 Å². The topological polar surface area (TPSA) is 17.8 Å². The van der Waals surface area contributed by atoms with E-state index in [-0.39, 0.29) is 5.82 Å². The predicted molar refractivity (Wildman–Crippen MR) is 65.1 cm³/mol. The molecule has 0 spiro atoms. The molecule has 0 bridgehead atoms. The Hall–Kier alpha value is -1.64. The van der Waals surface area contributed by atoms with E-state index in [0.29, 0.717) is 11.6 Å². The van der Waals surface area contributed by atoms with Crippen LogP contribution in [-0.2, 0) is 0 Å². The average Bonchev–Trinajstić information content (AvgIpc) is 3.07. The summed E-state index contributed by atoms with van der Waals surface area (Å²) in [6.45, 7) is 2.18. The van der Waals surface area contributed by atoms with Crippen molar-refractivity contribution in [1.82, 2.24) is 9.78 Å². The minimum Gasteiger partial charge on any atom is -0.269 e. The first kappa shape index (κ1) is 10.5. The molecule has 0 radical (unpaired) electrons. The highest BCUT2D eigenvalue weighted by atomic mass is 19.1. The summed E-state index contributed by atoms with van der Waals surface area (Å²) in [4.78, 5) is 0. The first-order valence-corrected chi connectivity index (χ1v) is 6.05. The van der Waals surface area contributed by atoms with E-state index in [1.54, 1.807) is 18.3 Å². The SMILES string of the molecule is CC(C1CC1)n1cc(-c2ccccc2F)cn1. The van der Waals surface area contributed by atoms with Crippen molar-refractivity contribution in [3.05, 3.63) is 42.5 Å². The summed E-state index contributed by atoms with van der Waals surface area (Å²) in [6.07, 6.45) is 6.27. The zero-order chi connectivity index (χ0) is 11.8. The van der Waals surface area contributed by atoms with E-state index in [0.717, 1.165) is 11.5 Å². The first-order chi connectivity index (χ1) is 8.25. The van der Waals surface area contributed by atoms with Gasteiger partial charge in [0.1, 0.15) is 5.82 Å². The Kier molecular flexibility index (Phi) is 2.46. The molecule has 2 nitrogen and oxygen atoms in total. The van der Waals surface area contributed by atoms with Crippen LogP contribution in [0.3, 0.4) is 0 Å². The van der Waals surface area contributed by atoms with Gasteiger partial charge in [-0.1, -0.05) is 18.2 Å². The van der Waals surface area contributed by atoms with Gasteiger partial charge in [-0.25, -0.2) is 4.39 Å². The Bertz CT molecular complexity index is 529. The van der Waals surface area contributed by atoms with Crippen molar-refractivity contribution >= 4 is 0 Å². The van der Waals surface area contributed by atoms with Crippen LogP contribution in [0.5, 0.6) is 0 Å². The smallest absolute Gasteiger partial charge is 0.131 e. The van der Waals surface area contributed by atoms with Crippen LogP contribution in [0.1, 0.15) is 25.8 Å². The number of rotatable bonds is 3. The van der Waals surface area contributed by atoms with Crippen LogP contribution in [0.25, 0.3) is 11.1 Å². The van der Waals surface area contributed by atoms with Gasteiger partial charge < -0.3 is 0 Å². The van der Waals surface area contributed by atoms with Crippen molar-refractivity contribution in [2.24, 2.45) is 5.92 Å². The summed E-state index contributed by atoms with van der Waals surface area (Å²) < 4.78 is 15.6. The molecule has 1 heterocycles. The Morgan fingerprint density at radius 3 is 2.82 bits per heavy atom. The highest BCUT2D eigenvalue weighted by Gasteiger charge is 2.29. The van der Waals surface area contributed by atoms with Gasteiger partial charge in [0.05, 0.1) is 12.2 Å². The lowest BCUT2D eigenvalue weighted by atomic mass is 10.1. The van der Waals surface area contributed by atoms with E-state index in [1.807, 2.05) is 16.9 Å². The van der Waals surface area contributed by atoms with Crippen LogP contribution < -0.4 is 0 Å². The fraction of sp³-hybridized carbons (Fsp3) is 0.357. The van der Waals surface area contributed by atoms with Crippen LogP contribution in [0.15, 0.2) is 36.7 Å². The van der Waals surface area contributed by atoms with Crippen molar-refractivity contribution in [2.45, 2.75) is 25.8 Å². The minimum absolute atomic E-state index is 0.189. The van der Waals surface area contributed by atoms with E-state index in [9.17, 15) is 4.39 Å². The molecule has 1 aliphatic carbocycles. The lowest BCUT2D eigenvalue weighted by Crippen LogP contribution is -2.06. The molecule has 1 atom stereocenters. The summed E-state index contributed by atoms with van der Waals surface area (Å²) in [6, 6.07) is 7.25. The zero-order valence-corrected chi connectivity index (χ0v) is 9.81. The molecule has 0 aliphatic heterocycles. The van der Waals surface area contributed by atoms with Gasteiger partial charge in [-0.2, -0.15) is 5.10 Å². The minimum atomic E-state index is -0.189. The molecule has 1 fully saturated rings. The molecule has 1 aliphatic rings. The summed E-state index contributed by atoms with van der Waals surface area (Å²) in [5.41, 5.74) is 1.48. The largest absolute Gasteiger partial charge is 0.269 e. The van der Waals surface area contributed by atoms with Crippen molar-refractivity contribution < 1.29 is 4.39 Å². The van der Waals surface area contributed by atoms with Gasteiger partial charge in [0.15, 0.2) is 0 Å². The third-order valence-electron chi connectivity index (χ3n) is 3.51. The molecule has 0 amide bonds. The van der Waals surface area contributed by atoms with Gasteiger partial charge in [-0.05, 0) is 31.7 Å². The second-order valence-corrected chi connectivity index (χ2v) is 4.77. The molecule has 0 saturated heterocycles. The van der Waals surface area contributed by atoms with Gasteiger partial charge in [-0.3, -0.25) is 4.68 Å². The molecule has 17 heavy (non-hydrogen) atoms. The highest BCUT2D eigenvalue weighted by molar-refractivity contribution is 5.62. The van der Waals surface area contributed by atoms with Gasteiger partial charge in [0.25, 0.3) is 0 Å². The molecular weight excluding hydrogens is 215 g/mol. The van der Waals surface area contributed by atoms with Crippen molar-refractivity contribution in [3.8, 4) is 11.1 Å². The normalized spacial score (nSPS) is 17.1. The summed E-state index contributed by atoms with van der Waals surface area (Å²) in [7, 11) is 0. The van der Waals surface area contributed by atoms with E-state index in [2.05, 4.69) is 12.0 Å². The maximum Gasteiger partial charge on any atom is 0.131 e. The summed E-state index contributed by atoms with van der Waals surface area (Å²) in [5, 5.41) is 4.34. The molecule has 1 unspecified atom stereocenters. The maximum atomic E-state index is 13.6. The molecule has 3 heteroatoms. The quantitative estimate of drug-likeness (QED) is 0.786. The van der Waals surface area contributed by atoms with Crippen LogP contribution >= 0.6 is 0 Å². The van der Waals surface area contributed by atoms with Crippen molar-refractivity contribution in [1.29, 1.82) is 0 Å². The zero-order valence-electron chi connectivity index (χ0n) is 9.81. The third kappa shape index (κ3) is 1.97. The number of hydrogen-bond acceptors (Lipinski definition) is 1. The predicted octanol–water partition coefficient (Wildman–Crippen LogP) is 3.66. The molecule has 88 valence electrons. The summed E-state index contributed by atoms with van der Waals surface area (Å²) in [5.74, 6) is 0.564. The van der Waals surface area contributed by atoms with Crippen LogP contribution in [0.4, 0.5) is 4.39 Å². The van der Waals surface area contributed by atoms with Crippen LogP contribution in [0, 0.1) is 11.7 Å². The van der Waals surface area contributed by atoms with Gasteiger partial charge in [0.2, 0.25) is 0 Å². The first-order valence-electron chi connectivity index (χ1n) is 6.05. The molecule has 1 aromatic heterocycles. The molecule has 2 aromatic rings.